The fraction of sp³-hybridized carbons (Fsp3) is 0.269. The van der Waals surface area contributed by atoms with Crippen LogP contribution in [0.1, 0.15) is 29.5 Å². The van der Waals surface area contributed by atoms with Crippen molar-refractivity contribution in [2.24, 2.45) is 4.99 Å². The molecule has 0 aromatic heterocycles. The molecule has 0 aliphatic carbocycles. The van der Waals surface area contributed by atoms with Crippen LogP contribution in [0.3, 0.4) is 0 Å². The smallest absolute Gasteiger partial charge is 0.191 e. The minimum Gasteiger partial charge on any atom is -0.357 e. The average molecular weight is 578 g/mol. The molecule has 33 heavy (non-hydrogen) atoms. The molecule has 2 N–H and O–H groups in total. The van der Waals surface area contributed by atoms with Crippen LogP contribution in [0.25, 0.3) is 0 Å². The molecule has 0 bridgehead atoms. The molecular formula is C26H32IN3O2S. The Hall–Kier alpha value is -2.39. The zero-order valence-electron chi connectivity index (χ0n) is 19.1. The predicted octanol–water partition coefficient (Wildman–Crippen LogP) is 4.79. The quantitative estimate of drug-likeness (QED) is 0.218. The van der Waals surface area contributed by atoms with E-state index in [1.807, 2.05) is 31.2 Å². The van der Waals surface area contributed by atoms with Gasteiger partial charge in [-0.25, -0.2) is 13.4 Å². The lowest BCUT2D eigenvalue weighted by molar-refractivity contribution is 0.602. The van der Waals surface area contributed by atoms with Crippen LogP contribution >= 0.6 is 24.0 Å². The van der Waals surface area contributed by atoms with Gasteiger partial charge < -0.3 is 10.6 Å². The zero-order chi connectivity index (χ0) is 22.8. The van der Waals surface area contributed by atoms with Gasteiger partial charge in [-0.3, -0.25) is 0 Å². The molecule has 5 nitrogen and oxygen atoms in total. The summed E-state index contributed by atoms with van der Waals surface area (Å²) in [6, 6.07) is 27.9. The van der Waals surface area contributed by atoms with E-state index in [2.05, 4.69) is 59.2 Å². The van der Waals surface area contributed by atoms with Gasteiger partial charge in [-0.2, -0.15) is 0 Å². The first kappa shape index (κ1) is 26.9. The van der Waals surface area contributed by atoms with Crippen LogP contribution in [0.4, 0.5) is 0 Å². The summed E-state index contributed by atoms with van der Waals surface area (Å²) in [5, 5.41) is 6.79. The number of halogens is 1. The summed E-state index contributed by atoms with van der Waals surface area (Å²) in [6.45, 7) is 4.01. The van der Waals surface area contributed by atoms with Gasteiger partial charge in [-0.15, -0.1) is 24.0 Å². The minimum absolute atomic E-state index is 0. The maximum atomic E-state index is 11.6. The molecule has 0 spiro atoms. The number of aliphatic imine (C=N–C) groups is 1. The predicted molar refractivity (Wildman–Crippen MR) is 147 cm³/mol. The average Bonchev–Trinajstić information content (AvgIpc) is 2.81. The van der Waals surface area contributed by atoms with E-state index in [9.17, 15) is 8.42 Å². The van der Waals surface area contributed by atoms with Crippen LogP contribution in [0.2, 0.25) is 0 Å². The highest BCUT2D eigenvalue weighted by Gasteiger charge is 2.13. The van der Waals surface area contributed by atoms with E-state index in [0.29, 0.717) is 17.4 Å². The number of nitrogens with zero attached hydrogens (tertiary/aromatic N) is 1. The summed E-state index contributed by atoms with van der Waals surface area (Å²) in [4.78, 5) is 5.01. The maximum absolute atomic E-state index is 11.6. The van der Waals surface area contributed by atoms with Crippen LogP contribution in [-0.4, -0.2) is 33.7 Å². The highest BCUT2D eigenvalue weighted by atomic mass is 127. The third-order valence-electron chi connectivity index (χ3n) is 5.23. The lowest BCUT2D eigenvalue weighted by atomic mass is 9.92. The second-order valence-corrected chi connectivity index (χ2v) is 9.81. The molecule has 176 valence electrons. The molecule has 3 rings (SSSR count). The number of hydrogen-bond acceptors (Lipinski definition) is 3. The Bertz CT molecular complexity index is 1100. The molecule has 1 atom stereocenters. The summed E-state index contributed by atoms with van der Waals surface area (Å²) in [5.41, 5.74) is 3.55. The Morgan fingerprint density at radius 1 is 0.848 bits per heavy atom. The molecule has 0 aliphatic heterocycles. The highest BCUT2D eigenvalue weighted by molar-refractivity contribution is 14.0. The van der Waals surface area contributed by atoms with Crippen molar-refractivity contribution in [3.8, 4) is 0 Å². The maximum Gasteiger partial charge on any atom is 0.191 e. The lowest BCUT2D eigenvalue weighted by Crippen LogP contribution is -2.39. The minimum atomic E-state index is -3.19. The normalized spacial score (nSPS) is 12.5. The van der Waals surface area contributed by atoms with Gasteiger partial charge in [0.1, 0.15) is 0 Å². The molecule has 0 radical (unpaired) electrons. The van der Waals surface area contributed by atoms with Gasteiger partial charge in [0.25, 0.3) is 0 Å². The second-order valence-electron chi connectivity index (χ2n) is 7.79. The van der Waals surface area contributed by atoms with Crippen molar-refractivity contribution in [3.05, 3.63) is 102 Å². The molecule has 1 unspecified atom stereocenters. The van der Waals surface area contributed by atoms with Crippen molar-refractivity contribution in [2.45, 2.75) is 30.7 Å². The van der Waals surface area contributed by atoms with Gasteiger partial charge in [-0.05, 0) is 42.2 Å². The molecule has 0 aliphatic rings. The van der Waals surface area contributed by atoms with Crippen molar-refractivity contribution in [1.29, 1.82) is 0 Å². The highest BCUT2D eigenvalue weighted by Crippen LogP contribution is 2.20. The van der Waals surface area contributed by atoms with Gasteiger partial charge in [0, 0.05) is 25.3 Å². The SMILES string of the molecule is CCNC(=NCc1ccc(S(C)(=O)=O)cc1)NCC(Cc1ccccc1)c1ccccc1.I. The topological polar surface area (TPSA) is 70.6 Å². The molecule has 0 fully saturated rings. The number of sulfone groups is 1. The molecule has 0 heterocycles. The first-order chi connectivity index (χ1) is 15.5. The van der Waals surface area contributed by atoms with E-state index in [1.54, 1.807) is 12.1 Å². The number of hydrogen-bond donors (Lipinski definition) is 2. The largest absolute Gasteiger partial charge is 0.357 e. The van der Waals surface area contributed by atoms with Gasteiger partial charge in [0.15, 0.2) is 15.8 Å². The summed E-state index contributed by atoms with van der Waals surface area (Å²) in [5.74, 6) is 1.05. The van der Waals surface area contributed by atoms with Crippen molar-refractivity contribution in [3.63, 3.8) is 0 Å². The Morgan fingerprint density at radius 3 is 2.03 bits per heavy atom. The third-order valence-corrected chi connectivity index (χ3v) is 6.36. The molecule has 0 amide bonds. The first-order valence-electron chi connectivity index (χ1n) is 10.9. The Morgan fingerprint density at radius 2 is 1.45 bits per heavy atom. The Balaban J connectivity index is 0.00000385. The van der Waals surface area contributed by atoms with Gasteiger partial charge in [0.2, 0.25) is 0 Å². The second kappa shape index (κ2) is 13.3. The molecule has 3 aromatic carbocycles. The van der Waals surface area contributed by atoms with Crippen molar-refractivity contribution < 1.29 is 8.42 Å². The number of benzene rings is 3. The monoisotopic (exact) mass is 577 g/mol. The van der Waals surface area contributed by atoms with E-state index in [0.717, 1.165) is 31.0 Å². The van der Waals surface area contributed by atoms with Crippen LogP contribution < -0.4 is 10.6 Å². The summed E-state index contributed by atoms with van der Waals surface area (Å²) in [7, 11) is -3.19. The third kappa shape index (κ3) is 8.81. The lowest BCUT2D eigenvalue weighted by Gasteiger charge is -2.20. The van der Waals surface area contributed by atoms with E-state index < -0.39 is 9.84 Å². The summed E-state index contributed by atoms with van der Waals surface area (Å²) >= 11 is 0. The molecular weight excluding hydrogens is 545 g/mol. The van der Waals surface area contributed by atoms with Crippen LogP contribution in [0.5, 0.6) is 0 Å². The van der Waals surface area contributed by atoms with E-state index in [4.69, 9.17) is 4.99 Å². The first-order valence-corrected chi connectivity index (χ1v) is 12.7. The fourth-order valence-electron chi connectivity index (χ4n) is 3.51. The van der Waals surface area contributed by atoms with Crippen molar-refractivity contribution in [1.82, 2.24) is 10.6 Å². The molecule has 7 heteroatoms. The van der Waals surface area contributed by atoms with E-state index >= 15 is 0 Å². The van der Waals surface area contributed by atoms with E-state index in [1.165, 1.54) is 17.4 Å². The van der Waals surface area contributed by atoms with Crippen LogP contribution in [0.15, 0.2) is 94.8 Å². The number of nitrogens with one attached hydrogen (secondary N) is 2. The van der Waals surface area contributed by atoms with Gasteiger partial charge >= 0.3 is 0 Å². The Labute approximate surface area is 214 Å². The standard InChI is InChI=1S/C26H31N3O2S.HI/c1-3-27-26(28-19-22-14-16-25(17-15-22)32(2,30)31)29-20-24(23-12-8-5-9-13-23)18-21-10-6-4-7-11-21;/h4-17,24H,3,18-20H2,1-2H3,(H2,27,28,29);1H. The van der Waals surface area contributed by atoms with Gasteiger partial charge in [-0.1, -0.05) is 72.8 Å². The van der Waals surface area contributed by atoms with E-state index in [-0.39, 0.29) is 24.0 Å². The number of guanidine groups is 1. The fourth-order valence-corrected chi connectivity index (χ4v) is 4.14. The summed E-state index contributed by atoms with van der Waals surface area (Å²) in [6.07, 6.45) is 2.15. The summed E-state index contributed by atoms with van der Waals surface area (Å²) < 4.78 is 23.3. The van der Waals surface area contributed by atoms with Crippen LogP contribution in [-0.2, 0) is 22.8 Å². The van der Waals surface area contributed by atoms with Crippen molar-refractivity contribution >= 4 is 39.8 Å². The van der Waals surface area contributed by atoms with Gasteiger partial charge in [0.05, 0.1) is 11.4 Å². The van der Waals surface area contributed by atoms with Crippen LogP contribution in [0, 0.1) is 0 Å². The molecule has 0 saturated heterocycles. The van der Waals surface area contributed by atoms with Crippen molar-refractivity contribution in [2.75, 3.05) is 19.3 Å². The molecule has 3 aromatic rings. The zero-order valence-corrected chi connectivity index (χ0v) is 22.2. The Kier molecular flexibility index (Phi) is 10.9. The number of rotatable bonds is 9. The molecule has 0 saturated carbocycles.